The van der Waals surface area contributed by atoms with Crippen LogP contribution in [0.25, 0.3) is 0 Å². The van der Waals surface area contributed by atoms with E-state index in [-0.39, 0.29) is 24.8 Å². The summed E-state index contributed by atoms with van der Waals surface area (Å²) in [5.41, 5.74) is 0. The maximum absolute atomic E-state index is 9.07. The minimum absolute atomic E-state index is 0. The molecule has 0 aliphatic carbocycles. The molecule has 2 aliphatic heterocycles. The largest absolute Gasteiger partial charge is 0.396 e. The normalized spacial score (nSPS) is 27.0. The summed E-state index contributed by atoms with van der Waals surface area (Å²) in [4.78, 5) is 2.59. The van der Waals surface area contributed by atoms with Crippen molar-refractivity contribution in [2.75, 3.05) is 39.3 Å². The fraction of sp³-hybridized carbons (Fsp3) is 1.00. The maximum Gasteiger partial charge on any atom is 0.0460 e. The Bertz CT molecular complexity index is 181. The van der Waals surface area contributed by atoms with E-state index in [4.69, 9.17) is 5.11 Å². The molecule has 0 radical (unpaired) electrons. The second kappa shape index (κ2) is 9.40. The van der Waals surface area contributed by atoms with Crippen LogP contribution in [-0.2, 0) is 0 Å². The van der Waals surface area contributed by atoms with Crippen LogP contribution in [0.5, 0.6) is 0 Å². The molecule has 104 valence electrons. The second-order valence-electron chi connectivity index (χ2n) is 5.14. The highest BCUT2D eigenvalue weighted by Crippen LogP contribution is 2.19. The Balaban J connectivity index is 0.00000128. The molecule has 0 aromatic rings. The van der Waals surface area contributed by atoms with Gasteiger partial charge in [0.05, 0.1) is 0 Å². The highest BCUT2D eigenvalue weighted by Gasteiger charge is 2.21. The number of halogens is 2. The fourth-order valence-corrected chi connectivity index (χ4v) is 2.80. The van der Waals surface area contributed by atoms with Crippen molar-refractivity contribution in [1.29, 1.82) is 0 Å². The summed E-state index contributed by atoms with van der Waals surface area (Å²) < 4.78 is 0. The molecule has 2 rings (SSSR count). The number of likely N-dealkylation sites (tertiary alicyclic amines) is 1. The van der Waals surface area contributed by atoms with Gasteiger partial charge in [-0.25, -0.2) is 0 Å². The first-order valence-electron chi connectivity index (χ1n) is 6.42. The SMILES string of the molecule is Cl.Cl.OCC1CCN(CC2CCCNC2)CC1. The van der Waals surface area contributed by atoms with Crippen molar-refractivity contribution < 1.29 is 5.11 Å². The van der Waals surface area contributed by atoms with Crippen LogP contribution in [0.3, 0.4) is 0 Å². The van der Waals surface area contributed by atoms with E-state index in [0.717, 1.165) is 5.92 Å². The lowest BCUT2D eigenvalue weighted by Crippen LogP contribution is -2.42. The number of nitrogens with one attached hydrogen (secondary N) is 1. The van der Waals surface area contributed by atoms with Crippen LogP contribution in [-0.4, -0.2) is 49.3 Å². The molecule has 0 spiro atoms. The zero-order valence-corrected chi connectivity index (χ0v) is 12.1. The average molecular weight is 285 g/mol. The van der Waals surface area contributed by atoms with Crippen molar-refractivity contribution in [3.63, 3.8) is 0 Å². The van der Waals surface area contributed by atoms with Gasteiger partial charge in [0.15, 0.2) is 0 Å². The van der Waals surface area contributed by atoms with Gasteiger partial charge in [0, 0.05) is 13.2 Å². The van der Waals surface area contributed by atoms with Gasteiger partial charge in [0.25, 0.3) is 0 Å². The van der Waals surface area contributed by atoms with Crippen LogP contribution < -0.4 is 5.32 Å². The number of hydrogen-bond donors (Lipinski definition) is 2. The van der Waals surface area contributed by atoms with Gasteiger partial charge in [-0.1, -0.05) is 0 Å². The summed E-state index contributed by atoms with van der Waals surface area (Å²) in [6.07, 6.45) is 5.12. The Labute approximate surface area is 117 Å². The quantitative estimate of drug-likeness (QED) is 0.825. The van der Waals surface area contributed by atoms with Gasteiger partial charge in [-0.15, -0.1) is 24.8 Å². The lowest BCUT2D eigenvalue weighted by molar-refractivity contribution is 0.114. The molecule has 2 saturated heterocycles. The van der Waals surface area contributed by atoms with E-state index in [1.165, 1.54) is 58.4 Å². The Morgan fingerprint density at radius 3 is 2.29 bits per heavy atom. The zero-order valence-electron chi connectivity index (χ0n) is 10.4. The molecule has 2 fully saturated rings. The molecular weight excluding hydrogens is 259 g/mol. The van der Waals surface area contributed by atoms with Gasteiger partial charge in [-0.3, -0.25) is 0 Å². The van der Waals surface area contributed by atoms with Gasteiger partial charge in [-0.2, -0.15) is 0 Å². The first kappa shape index (κ1) is 17.5. The molecule has 2 heterocycles. The summed E-state index contributed by atoms with van der Waals surface area (Å²) >= 11 is 0. The molecule has 1 unspecified atom stereocenters. The Morgan fingerprint density at radius 2 is 1.76 bits per heavy atom. The summed E-state index contributed by atoms with van der Waals surface area (Å²) in [7, 11) is 0. The van der Waals surface area contributed by atoms with E-state index in [0.29, 0.717) is 12.5 Å². The van der Waals surface area contributed by atoms with Crippen LogP contribution in [0.15, 0.2) is 0 Å². The minimum atomic E-state index is 0. The van der Waals surface area contributed by atoms with Crippen molar-refractivity contribution >= 4 is 24.8 Å². The fourth-order valence-electron chi connectivity index (χ4n) is 2.80. The van der Waals surface area contributed by atoms with Gasteiger partial charge < -0.3 is 15.3 Å². The third-order valence-electron chi connectivity index (χ3n) is 3.88. The summed E-state index contributed by atoms with van der Waals surface area (Å²) in [5.74, 6) is 1.44. The minimum Gasteiger partial charge on any atom is -0.396 e. The van der Waals surface area contributed by atoms with Crippen molar-refractivity contribution in [1.82, 2.24) is 10.2 Å². The van der Waals surface area contributed by atoms with E-state index in [9.17, 15) is 0 Å². The molecule has 0 saturated carbocycles. The standard InChI is InChI=1S/C12H24N2O.2ClH/c15-10-11-3-6-14(7-4-11)9-12-2-1-5-13-8-12;;/h11-13,15H,1-10H2;2*1H. The summed E-state index contributed by atoms with van der Waals surface area (Å²) in [6.45, 7) is 6.47. The molecule has 0 aromatic heterocycles. The van der Waals surface area contributed by atoms with Gasteiger partial charge in [0.1, 0.15) is 0 Å². The zero-order chi connectivity index (χ0) is 10.5. The molecule has 0 amide bonds. The van der Waals surface area contributed by atoms with Gasteiger partial charge in [-0.05, 0) is 63.7 Å². The molecule has 3 nitrogen and oxygen atoms in total. The molecule has 0 aromatic carbocycles. The van der Waals surface area contributed by atoms with Crippen LogP contribution in [0, 0.1) is 11.8 Å². The van der Waals surface area contributed by atoms with Crippen molar-refractivity contribution in [2.24, 2.45) is 11.8 Å². The van der Waals surface area contributed by atoms with Crippen LogP contribution in [0.1, 0.15) is 25.7 Å². The van der Waals surface area contributed by atoms with Crippen molar-refractivity contribution in [3.05, 3.63) is 0 Å². The van der Waals surface area contributed by atoms with E-state index in [1.54, 1.807) is 0 Å². The summed E-state index contributed by atoms with van der Waals surface area (Å²) in [5, 5.41) is 12.5. The lowest BCUT2D eigenvalue weighted by Gasteiger charge is -2.34. The van der Waals surface area contributed by atoms with E-state index >= 15 is 0 Å². The topological polar surface area (TPSA) is 35.5 Å². The number of aliphatic hydroxyl groups is 1. The Morgan fingerprint density at radius 1 is 1.06 bits per heavy atom. The number of hydrogen-bond acceptors (Lipinski definition) is 3. The lowest BCUT2D eigenvalue weighted by atomic mass is 9.94. The van der Waals surface area contributed by atoms with E-state index in [1.807, 2.05) is 0 Å². The molecule has 5 heteroatoms. The monoisotopic (exact) mass is 284 g/mol. The van der Waals surface area contributed by atoms with Crippen molar-refractivity contribution in [2.45, 2.75) is 25.7 Å². The highest BCUT2D eigenvalue weighted by atomic mass is 35.5. The van der Waals surface area contributed by atoms with E-state index in [2.05, 4.69) is 10.2 Å². The Hall–Kier alpha value is 0.460. The molecule has 17 heavy (non-hydrogen) atoms. The van der Waals surface area contributed by atoms with Gasteiger partial charge in [0.2, 0.25) is 0 Å². The number of nitrogens with zero attached hydrogens (tertiary/aromatic N) is 1. The predicted molar refractivity (Wildman–Crippen MR) is 76.3 cm³/mol. The maximum atomic E-state index is 9.07. The highest BCUT2D eigenvalue weighted by molar-refractivity contribution is 5.85. The van der Waals surface area contributed by atoms with Crippen LogP contribution in [0.2, 0.25) is 0 Å². The number of piperidine rings is 2. The van der Waals surface area contributed by atoms with Crippen molar-refractivity contribution in [3.8, 4) is 0 Å². The first-order valence-corrected chi connectivity index (χ1v) is 6.42. The molecular formula is C12H26Cl2N2O. The van der Waals surface area contributed by atoms with Crippen LogP contribution in [0.4, 0.5) is 0 Å². The third kappa shape index (κ3) is 5.75. The summed E-state index contributed by atoms with van der Waals surface area (Å²) in [6, 6.07) is 0. The number of aliphatic hydroxyl groups excluding tert-OH is 1. The molecule has 2 N–H and O–H groups in total. The Kier molecular flexibility index (Phi) is 9.65. The van der Waals surface area contributed by atoms with Gasteiger partial charge >= 0.3 is 0 Å². The predicted octanol–water partition coefficient (Wildman–Crippen LogP) is 1.53. The smallest absolute Gasteiger partial charge is 0.0460 e. The molecule has 0 bridgehead atoms. The van der Waals surface area contributed by atoms with E-state index < -0.39 is 0 Å². The average Bonchev–Trinajstić information content (AvgIpc) is 2.31. The number of rotatable bonds is 3. The second-order valence-corrected chi connectivity index (χ2v) is 5.14. The first-order chi connectivity index (χ1) is 7.38. The molecule has 2 aliphatic rings. The molecule has 1 atom stereocenters. The van der Waals surface area contributed by atoms with Crippen LogP contribution >= 0.6 is 24.8 Å². The third-order valence-corrected chi connectivity index (χ3v) is 3.88.